The van der Waals surface area contributed by atoms with Gasteiger partial charge in [-0.25, -0.2) is 42.0 Å². The van der Waals surface area contributed by atoms with Crippen LogP contribution in [0.5, 0.6) is 11.5 Å². The molecule has 2 atom stereocenters. The standard InChI is InChI=1S/C24H29F2N3O7.C24H28F2N2O5.2C4H8O/c1-6-7-10-35-20-18(22(32)34-5)29(28-23(33)36-24(2,3)4)13-16(19(20)30)21(31)27-12-14-8-9-15(25)11-17(14)26;1-5-7-10-33-22-20(24(31)32-4)28(13-15(3)6-2)14-18(21(22)29)23(30)27-12-16-8-9-17(25)11-19(16)26;1-2-4-5-3-1;1-3-4(2)5/h8-9,11,13H,6-7,10,12H2,1-5H3,(H,27,31)(H,28,33);6,8-9,11,14-15H,2,5,7,10,12-13H2,1,3-4H3,(H,27,30);1-4H2;3-5H,1H2,2H3. The number of esters is 2. The summed E-state index contributed by atoms with van der Waals surface area (Å²) in [6, 6.07) is 5.80. The van der Waals surface area contributed by atoms with Crippen LogP contribution < -0.4 is 36.4 Å². The molecule has 434 valence electrons. The highest BCUT2D eigenvalue weighted by atomic mass is 19.1. The fourth-order valence-corrected chi connectivity index (χ4v) is 6.45. The molecule has 0 bridgehead atoms. The number of nitrogens with zero attached hydrogens (tertiary/aromatic N) is 2. The second-order valence-corrected chi connectivity index (χ2v) is 18.5. The molecule has 23 heteroatoms. The molecule has 0 radical (unpaired) electrons. The molecule has 1 aliphatic rings. The first kappa shape index (κ1) is 67.3. The molecule has 2 unspecified atom stereocenters. The lowest BCUT2D eigenvalue weighted by Crippen LogP contribution is -2.37. The van der Waals surface area contributed by atoms with Crippen molar-refractivity contribution in [1.29, 1.82) is 0 Å². The van der Waals surface area contributed by atoms with Gasteiger partial charge in [0.2, 0.25) is 16.6 Å². The lowest BCUT2D eigenvalue weighted by Gasteiger charge is -2.22. The number of allylic oxidation sites excluding steroid dienone is 1. The van der Waals surface area contributed by atoms with Gasteiger partial charge in [0.05, 0.1) is 33.5 Å². The highest BCUT2D eigenvalue weighted by Crippen LogP contribution is 2.21. The molecule has 0 aliphatic carbocycles. The number of aromatic nitrogens is 2. The van der Waals surface area contributed by atoms with E-state index in [2.05, 4.69) is 29.2 Å². The van der Waals surface area contributed by atoms with Gasteiger partial charge < -0.3 is 48.7 Å². The van der Waals surface area contributed by atoms with E-state index in [-0.39, 0.29) is 73.0 Å². The molecule has 19 nitrogen and oxygen atoms in total. The maximum Gasteiger partial charge on any atom is 0.426 e. The van der Waals surface area contributed by atoms with E-state index in [1.54, 1.807) is 33.8 Å². The molecule has 79 heavy (non-hydrogen) atoms. The number of ether oxygens (including phenoxy) is 6. The third-order valence-electron chi connectivity index (χ3n) is 10.7. The molecule has 3 heterocycles. The minimum absolute atomic E-state index is 0.0254. The van der Waals surface area contributed by atoms with Crippen LogP contribution in [0.3, 0.4) is 0 Å². The number of amides is 3. The van der Waals surface area contributed by atoms with Crippen molar-refractivity contribution in [1.82, 2.24) is 19.9 Å². The number of nitrogens with one attached hydrogen (secondary N) is 3. The Morgan fingerprint density at radius 2 is 1.18 bits per heavy atom. The first-order chi connectivity index (χ1) is 37.4. The van der Waals surface area contributed by atoms with E-state index in [4.69, 9.17) is 33.5 Å². The highest BCUT2D eigenvalue weighted by molar-refractivity contribution is 5.98. The number of aliphatic hydroxyl groups excluding tert-OH is 1. The summed E-state index contributed by atoms with van der Waals surface area (Å²) in [5.74, 6) is -7.70. The minimum atomic E-state index is -1.02. The predicted octanol–water partition coefficient (Wildman–Crippen LogP) is 8.69. The lowest BCUT2D eigenvalue weighted by molar-refractivity contribution is 0.0563. The Labute approximate surface area is 456 Å². The molecule has 3 amide bonds. The molecule has 1 saturated heterocycles. The maximum absolute atomic E-state index is 14.0. The van der Waals surface area contributed by atoms with Crippen LogP contribution in [0.2, 0.25) is 0 Å². The van der Waals surface area contributed by atoms with Crippen molar-refractivity contribution in [2.75, 3.05) is 46.1 Å². The summed E-state index contributed by atoms with van der Waals surface area (Å²) in [6.07, 6.45) is 9.15. The van der Waals surface area contributed by atoms with E-state index in [0.29, 0.717) is 31.4 Å². The number of carbonyl (C=O) groups is 5. The van der Waals surface area contributed by atoms with Crippen molar-refractivity contribution >= 4 is 29.8 Å². The number of carbonyl (C=O) groups excluding carboxylic acids is 5. The first-order valence-corrected chi connectivity index (χ1v) is 25.3. The average molecular weight is 1120 g/mol. The second-order valence-electron chi connectivity index (χ2n) is 18.5. The van der Waals surface area contributed by atoms with Gasteiger partial charge in [0.15, 0.2) is 17.1 Å². The van der Waals surface area contributed by atoms with Gasteiger partial charge in [0.25, 0.3) is 11.8 Å². The van der Waals surface area contributed by atoms with Crippen molar-refractivity contribution < 1.29 is 75.1 Å². The van der Waals surface area contributed by atoms with E-state index in [1.807, 2.05) is 20.8 Å². The van der Waals surface area contributed by atoms with Crippen LogP contribution in [-0.4, -0.2) is 96.5 Å². The summed E-state index contributed by atoms with van der Waals surface area (Å²) >= 11 is 0. The molecule has 0 saturated carbocycles. The van der Waals surface area contributed by atoms with Gasteiger partial charge in [-0.2, -0.15) is 0 Å². The summed E-state index contributed by atoms with van der Waals surface area (Å²) < 4.78 is 87.2. The zero-order valence-electron chi connectivity index (χ0n) is 46.2. The molecule has 5 rings (SSSR count). The first-order valence-electron chi connectivity index (χ1n) is 25.3. The van der Waals surface area contributed by atoms with Crippen LogP contribution in [0.4, 0.5) is 22.4 Å². The number of methoxy groups -OCH3 is 2. The molecule has 4 aromatic rings. The van der Waals surface area contributed by atoms with Crippen LogP contribution in [0.15, 0.2) is 83.7 Å². The van der Waals surface area contributed by atoms with Gasteiger partial charge in [-0.1, -0.05) is 57.9 Å². The number of benzene rings is 2. The van der Waals surface area contributed by atoms with Crippen LogP contribution in [0.1, 0.15) is 140 Å². The van der Waals surface area contributed by atoms with E-state index in [0.717, 1.165) is 55.8 Å². The number of pyridine rings is 2. The summed E-state index contributed by atoms with van der Waals surface area (Å²) in [5.41, 5.74) is -1.70. The van der Waals surface area contributed by atoms with E-state index in [1.165, 1.54) is 42.9 Å². The van der Waals surface area contributed by atoms with Crippen LogP contribution in [0, 0.1) is 29.2 Å². The van der Waals surface area contributed by atoms with Crippen LogP contribution in [0.25, 0.3) is 0 Å². The Balaban J connectivity index is 0.000000459. The third kappa shape index (κ3) is 22.6. The third-order valence-corrected chi connectivity index (χ3v) is 10.7. The molecular formula is C56H73F4N5O14. The summed E-state index contributed by atoms with van der Waals surface area (Å²) in [5, 5.41) is 13.1. The van der Waals surface area contributed by atoms with Crippen molar-refractivity contribution in [3.63, 3.8) is 0 Å². The number of hydrogen-bond acceptors (Lipinski definition) is 14. The predicted molar refractivity (Wildman–Crippen MR) is 287 cm³/mol. The van der Waals surface area contributed by atoms with Gasteiger partial charge in [-0.05, 0) is 71.4 Å². The normalized spacial score (nSPS) is 12.2. The Kier molecular flexibility index (Phi) is 29.1. The number of aliphatic hydroxyl groups is 1. The zero-order chi connectivity index (χ0) is 59.4. The summed E-state index contributed by atoms with van der Waals surface area (Å²) in [6.45, 7) is 21.0. The molecule has 2 aromatic heterocycles. The molecule has 4 N–H and O–H groups in total. The smallest absolute Gasteiger partial charge is 0.426 e. The number of unbranched alkanes of at least 4 members (excludes halogenated alkanes) is 2. The molecule has 1 fully saturated rings. The van der Waals surface area contributed by atoms with Crippen LogP contribution in [-0.2, 0) is 38.6 Å². The largest absolute Gasteiger partial charge is 0.487 e. The fraction of sp³-hybridized carbons (Fsp3) is 0.446. The lowest BCUT2D eigenvalue weighted by atomic mass is 10.1. The maximum atomic E-state index is 14.0. The number of rotatable bonds is 21. The number of halogens is 4. The van der Waals surface area contributed by atoms with Gasteiger partial charge in [0.1, 0.15) is 40.0 Å². The van der Waals surface area contributed by atoms with Gasteiger partial charge in [-0.3, -0.25) is 19.2 Å². The Hall–Kier alpha value is -7.79. The Morgan fingerprint density at radius 1 is 0.734 bits per heavy atom. The monoisotopic (exact) mass is 1120 g/mol. The van der Waals surface area contributed by atoms with E-state index < -0.39 is 86.6 Å². The number of hydrogen-bond donors (Lipinski definition) is 4. The molecule has 1 aliphatic heterocycles. The van der Waals surface area contributed by atoms with E-state index >= 15 is 0 Å². The fourth-order valence-electron chi connectivity index (χ4n) is 6.45. The topological polar surface area (TPSA) is 241 Å². The average Bonchev–Trinajstić information content (AvgIpc) is 4.00. The van der Waals surface area contributed by atoms with Crippen molar-refractivity contribution in [2.45, 2.75) is 118 Å². The van der Waals surface area contributed by atoms with Gasteiger partial charge in [-0.15, -0.1) is 13.2 Å². The SMILES string of the molecule is C1CCOC1.C=CC(C)Cn1cc(C(=O)NCc2ccc(F)cc2F)c(=O)c(OCCCC)c1C(=O)OC.C=CC(C)O.CCCCOc1c(C(=O)OC)n(NC(=O)OC(C)(C)C)cc(C(=O)NCc2ccc(F)cc2F)c1=O. The quantitative estimate of drug-likeness (QED) is 0.0201. The highest BCUT2D eigenvalue weighted by Gasteiger charge is 2.30. The van der Waals surface area contributed by atoms with Crippen LogP contribution >= 0.6 is 0 Å². The van der Waals surface area contributed by atoms with Gasteiger partial charge >= 0.3 is 18.0 Å². The minimum Gasteiger partial charge on any atom is -0.487 e. The van der Waals surface area contributed by atoms with Crippen molar-refractivity contribution in [3.05, 3.63) is 151 Å². The van der Waals surface area contributed by atoms with Crippen molar-refractivity contribution in [3.8, 4) is 11.5 Å². The second kappa shape index (κ2) is 34.2. The Morgan fingerprint density at radius 3 is 1.56 bits per heavy atom. The van der Waals surface area contributed by atoms with Crippen molar-refractivity contribution in [2.24, 2.45) is 5.92 Å². The Bertz CT molecular complexity index is 2820. The molecule has 0 spiro atoms. The van der Waals surface area contributed by atoms with E-state index in [9.17, 15) is 51.1 Å². The summed E-state index contributed by atoms with van der Waals surface area (Å²) in [4.78, 5) is 89.5. The molecular weight excluding hydrogens is 1040 g/mol. The molecule has 2 aromatic carbocycles. The zero-order valence-corrected chi connectivity index (χ0v) is 46.2. The van der Waals surface area contributed by atoms with Gasteiger partial charge in [0, 0.05) is 68.5 Å². The summed E-state index contributed by atoms with van der Waals surface area (Å²) in [7, 11) is 2.25.